The van der Waals surface area contributed by atoms with Gasteiger partial charge in [0, 0.05) is 12.2 Å². The molecule has 0 N–H and O–H groups in total. The number of hydrogen-bond donors (Lipinski definition) is 0. The van der Waals surface area contributed by atoms with E-state index in [2.05, 4.69) is 90.6 Å². The van der Waals surface area contributed by atoms with Crippen LogP contribution in [0.1, 0.15) is 17.2 Å². The molecule has 0 spiro atoms. The fourth-order valence-corrected chi connectivity index (χ4v) is 3.47. The smallest absolute Gasteiger partial charge is 0.129 e. The van der Waals surface area contributed by atoms with Crippen molar-refractivity contribution in [2.75, 3.05) is 11.4 Å². The molecule has 2 heteroatoms. The number of nitrogens with zero attached hydrogens (tertiary/aromatic N) is 1. The van der Waals surface area contributed by atoms with Crippen molar-refractivity contribution in [1.82, 2.24) is 0 Å². The summed E-state index contributed by atoms with van der Waals surface area (Å²) >= 11 is 0. The molecule has 1 atom stereocenters. The first-order valence-electron chi connectivity index (χ1n) is 7.97. The molecule has 0 aliphatic carbocycles. The topological polar surface area (TPSA) is 3.24 Å². The van der Waals surface area contributed by atoms with Gasteiger partial charge in [-0.25, -0.2) is 0 Å². The monoisotopic (exact) mass is 305 g/mol. The molecule has 112 valence electrons. The summed E-state index contributed by atoms with van der Waals surface area (Å²) in [6.07, 6.45) is 1.09. The first-order valence-corrected chi connectivity index (χ1v) is 11.5. The van der Waals surface area contributed by atoms with Crippen molar-refractivity contribution in [2.24, 2.45) is 0 Å². The number of para-hydroxylation sites is 1. The largest absolute Gasteiger partial charge is 0.353 e. The molecule has 1 nitrogen and oxygen atoms in total. The van der Waals surface area contributed by atoms with Gasteiger partial charge in [-0.15, -0.1) is 5.54 Å². The number of benzene rings is 2. The van der Waals surface area contributed by atoms with Crippen LogP contribution in [0, 0.1) is 11.5 Å². The molecule has 0 saturated carbocycles. The van der Waals surface area contributed by atoms with E-state index in [9.17, 15) is 0 Å². The SMILES string of the molecule is C[Si](C)(C)C#C[C@H]1c2ccccc2CCN1c1ccccc1. The van der Waals surface area contributed by atoms with Crippen LogP contribution in [0.25, 0.3) is 0 Å². The summed E-state index contributed by atoms with van der Waals surface area (Å²) in [4.78, 5) is 2.45. The van der Waals surface area contributed by atoms with E-state index < -0.39 is 8.07 Å². The summed E-state index contributed by atoms with van der Waals surface area (Å²) in [5.41, 5.74) is 7.68. The number of rotatable bonds is 1. The summed E-state index contributed by atoms with van der Waals surface area (Å²) in [5, 5.41) is 0. The predicted molar refractivity (Wildman–Crippen MR) is 97.8 cm³/mol. The molecule has 22 heavy (non-hydrogen) atoms. The second kappa shape index (κ2) is 6.02. The van der Waals surface area contributed by atoms with Crippen LogP contribution in [0.5, 0.6) is 0 Å². The van der Waals surface area contributed by atoms with E-state index in [1.54, 1.807) is 0 Å². The van der Waals surface area contributed by atoms with Crippen molar-refractivity contribution >= 4 is 13.8 Å². The maximum atomic E-state index is 3.60. The minimum absolute atomic E-state index is 0.180. The van der Waals surface area contributed by atoms with E-state index in [1.807, 2.05) is 0 Å². The van der Waals surface area contributed by atoms with Gasteiger partial charge in [0.05, 0.1) is 0 Å². The normalized spacial score (nSPS) is 17.4. The zero-order valence-corrected chi connectivity index (χ0v) is 14.6. The number of anilines is 1. The Labute approximate surface area is 135 Å². The quantitative estimate of drug-likeness (QED) is 0.546. The molecule has 0 saturated heterocycles. The van der Waals surface area contributed by atoms with E-state index in [1.165, 1.54) is 16.8 Å². The van der Waals surface area contributed by atoms with Gasteiger partial charge in [0.15, 0.2) is 0 Å². The Morgan fingerprint density at radius 1 is 0.955 bits per heavy atom. The zero-order chi connectivity index (χ0) is 15.6. The van der Waals surface area contributed by atoms with E-state index >= 15 is 0 Å². The maximum Gasteiger partial charge on any atom is 0.129 e. The van der Waals surface area contributed by atoms with Crippen molar-refractivity contribution in [3.63, 3.8) is 0 Å². The molecule has 0 fully saturated rings. The Hall–Kier alpha value is -1.98. The van der Waals surface area contributed by atoms with E-state index in [0.717, 1.165) is 13.0 Å². The third-order valence-electron chi connectivity index (χ3n) is 3.96. The third kappa shape index (κ3) is 3.26. The lowest BCUT2D eigenvalue weighted by Gasteiger charge is -2.36. The Morgan fingerprint density at radius 3 is 2.36 bits per heavy atom. The fraction of sp³-hybridized carbons (Fsp3) is 0.300. The van der Waals surface area contributed by atoms with Crippen molar-refractivity contribution in [1.29, 1.82) is 0 Å². The van der Waals surface area contributed by atoms with Crippen LogP contribution >= 0.6 is 0 Å². The van der Waals surface area contributed by atoms with Crippen LogP contribution in [0.3, 0.4) is 0 Å². The molecular formula is C20H23NSi. The van der Waals surface area contributed by atoms with Crippen molar-refractivity contribution in [2.45, 2.75) is 32.1 Å². The van der Waals surface area contributed by atoms with Gasteiger partial charge < -0.3 is 4.90 Å². The fourth-order valence-electron chi connectivity index (χ4n) is 2.90. The summed E-state index contributed by atoms with van der Waals surface area (Å²) in [7, 11) is -1.38. The number of hydrogen-bond acceptors (Lipinski definition) is 1. The van der Waals surface area contributed by atoms with E-state index in [4.69, 9.17) is 0 Å². The molecule has 0 bridgehead atoms. The maximum absolute atomic E-state index is 3.60. The van der Waals surface area contributed by atoms with Crippen molar-refractivity contribution in [3.05, 3.63) is 65.7 Å². The van der Waals surface area contributed by atoms with Gasteiger partial charge in [-0.2, -0.15) is 0 Å². The van der Waals surface area contributed by atoms with Crippen molar-refractivity contribution < 1.29 is 0 Å². The molecule has 3 rings (SSSR count). The number of fused-ring (bicyclic) bond motifs is 1. The third-order valence-corrected chi connectivity index (χ3v) is 4.85. The molecule has 0 unspecified atom stereocenters. The second-order valence-corrected chi connectivity index (χ2v) is 11.6. The van der Waals surface area contributed by atoms with E-state index in [-0.39, 0.29) is 6.04 Å². The van der Waals surface area contributed by atoms with Crippen molar-refractivity contribution in [3.8, 4) is 11.5 Å². The zero-order valence-electron chi connectivity index (χ0n) is 13.6. The van der Waals surface area contributed by atoms with Crippen LogP contribution in [-0.2, 0) is 6.42 Å². The molecule has 0 amide bonds. The average molecular weight is 305 g/mol. The van der Waals surface area contributed by atoms with Crippen LogP contribution < -0.4 is 4.90 Å². The van der Waals surface area contributed by atoms with Crippen LogP contribution in [0.2, 0.25) is 19.6 Å². The lowest BCUT2D eigenvalue weighted by molar-refractivity contribution is 0.682. The minimum atomic E-state index is -1.38. The summed E-state index contributed by atoms with van der Waals surface area (Å²) in [5.74, 6) is 3.60. The molecule has 1 aliphatic rings. The summed E-state index contributed by atoms with van der Waals surface area (Å²) < 4.78 is 0. The van der Waals surface area contributed by atoms with Crippen LogP contribution in [0.15, 0.2) is 54.6 Å². The molecule has 1 heterocycles. The standard InChI is InChI=1S/C20H23NSi/c1-22(2,3)16-14-20-19-12-8-7-9-17(19)13-15-21(20)18-10-5-4-6-11-18/h4-12,20H,13,15H2,1-3H3/t20-/m0/s1. The molecule has 0 radical (unpaired) electrons. The molecule has 2 aromatic carbocycles. The highest BCUT2D eigenvalue weighted by molar-refractivity contribution is 6.83. The minimum Gasteiger partial charge on any atom is -0.353 e. The molecule has 2 aromatic rings. The Morgan fingerprint density at radius 2 is 1.64 bits per heavy atom. The van der Waals surface area contributed by atoms with Gasteiger partial charge >= 0.3 is 0 Å². The Bertz CT molecular complexity index is 704. The molecule has 1 aliphatic heterocycles. The predicted octanol–water partition coefficient (Wildman–Crippen LogP) is 4.67. The Kier molecular flexibility index (Phi) is 4.09. The van der Waals surface area contributed by atoms with Crippen LogP contribution in [0.4, 0.5) is 5.69 Å². The van der Waals surface area contributed by atoms with Gasteiger partial charge in [-0.1, -0.05) is 68.0 Å². The lowest BCUT2D eigenvalue weighted by Crippen LogP contribution is -2.35. The highest BCUT2D eigenvalue weighted by atomic mass is 28.3. The highest BCUT2D eigenvalue weighted by Gasteiger charge is 2.26. The average Bonchev–Trinajstić information content (AvgIpc) is 2.52. The van der Waals surface area contributed by atoms with Gasteiger partial charge in [0.25, 0.3) is 0 Å². The van der Waals surface area contributed by atoms with Crippen LogP contribution in [-0.4, -0.2) is 14.6 Å². The van der Waals surface area contributed by atoms with E-state index in [0.29, 0.717) is 0 Å². The molecule has 0 aromatic heterocycles. The first-order chi connectivity index (χ1) is 10.5. The molecular weight excluding hydrogens is 282 g/mol. The Balaban J connectivity index is 2.05. The van der Waals surface area contributed by atoms with Gasteiger partial charge in [-0.3, -0.25) is 0 Å². The van der Waals surface area contributed by atoms with Gasteiger partial charge in [0.1, 0.15) is 14.1 Å². The van der Waals surface area contributed by atoms with Gasteiger partial charge in [-0.05, 0) is 29.7 Å². The second-order valence-electron chi connectivity index (χ2n) is 6.90. The van der Waals surface area contributed by atoms with Gasteiger partial charge in [0.2, 0.25) is 0 Å². The first kappa shape index (κ1) is 14.9. The summed E-state index contributed by atoms with van der Waals surface area (Å²) in [6, 6.07) is 19.6. The lowest BCUT2D eigenvalue weighted by atomic mass is 9.92. The summed E-state index contributed by atoms with van der Waals surface area (Å²) in [6.45, 7) is 7.96. The highest BCUT2D eigenvalue weighted by Crippen LogP contribution is 2.33.